The summed E-state index contributed by atoms with van der Waals surface area (Å²) in [5.41, 5.74) is 6.59. The third-order valence-electron chi connectivity index (χ3n) is 2.58. The number of dihydropyridines is 1. The van der Waals surface area contributed by atoms with Gasteiger partial charge in [-0.05, 0) is 35.9 Å². The molecule has 1 heterocycles. The first kappa shape index (κ1) is 13.5. The number of phenols is 1. The maximum atomic E-state index is 11.0. The summed E-state index contributed by atoms with van der Waals surface area (Å²) in [7, 11) is -4.32. The summed E-state index contributed by atoms with van der Waals surface area (Å²) in [6.07, 6.45) is 5.88. The fourth-order valence-corrected chi connectivity index (χ4v) is 2.12. The van der Waals surface area contributed by atoms with Crippen LogP contribution < -0.4 is 5.73 Å². The van der Waals surface area contributed by atoms with Gasteiger partial charge in [-0.15, -0.1) is 0 Å². The normalized spacial score (nSPS) is 20.9. The molecule has 2 rings (SSSR count). The van der Waals surface area contributed by atoms with E-state index in [0.29, 0.717) is 5.57 Å². The lowest BCUT2D eigenvalue weighted by Crippen LogP contribution is -2.20. The Hall–Kier alpha value is -1.96. The minimum Gasteiger partial charge on any atom is -0.507 e. The van der Waals surface area contributed by atoms with Gasteiger partial charge >= 0.3 is 0 Å². The van der Waals surface area contributed by atoms with Crippen molar-refractivity contribution in [2.24, 2.45) is 10.7 Å². The van der Waals surface area contributed by atoms with E-state index in [1.165, 1.54) is 12.1 Å². The molecule has 0 saturated heterocycles. The van der Waals surface area contributed by atoms with Crippen molar-refractivity contribution < 1.29 is 18.1 Å². The molecule has 1 atom stereocenters. The highest BCUT2D eigenvalue weighted by Crippen LogP contribution is 2.25. The van der Waals surface area contributed by atoms with E-state index >= 15 is 0 Å². The number of allylic oxidation sites excluding steroid dienone is 1. The topological polar surface area (TPSA) is 113 Å². The minimum absolute atomic E-state index is 0.116. The average molecular weight is 280 g/mol. The number of nitrogens with two attached hydrogens (primary N) is 1. The first-order valence-electron chi connectivity index (χ1n) is 5.35. The number of hydrogen-bond acceptors (Lipinski definition) is 5. The summed E-state index contributed by atoms with van der Waals surface area (Å²) in [6, 6.07) is 3.47. The molecular formula is C12H12N2O4S. The van der Waals surface area contributed by atoms with Gasteiger partial charge in [0.15, 0.2) is 0 Å². The summed E-state index contributed by atoms with van der Waals surface area (Å²) >= 11 is 0. The van der Waals surface area contributed by atoms with Crippen molar-refractivity contribution in [1.29, 1.82) is 0 Å². The summed E-state index contributed by atoms with van der Waals surface area (Å²) in [5, 5.41) is 9.69. The Morgan fingerprint density at radius 3 is 2.74 bits per heavy atom. The Kier molecular flexibility index (Phi) is 3.52. The maximum absolute atomic E-state index is 11.0. The average Bonchev–Trinajstić information content (AvgIpc) is 2.33. The van der Waals surface area contributed by atoms with E-state index in [0.717, 1.165) is 12.1 Å². The van der Waals surface area contributed by atoms with Crippen LogP contribution in [0.2, 0.25) is 0 Å². The van der Waals surface area contributed by atoms with Gasteiger partial charge in [0, 0.05) is 11.8 Å². The predicted molar refractivity (Wildman–Crippen MR) is 71.5 cm³/mol. The van der Waals surface area contributed by atoms with Crippen LogP contribution in [0.4, 0.5) is 0 Å². The zero-order valence-electron chi connectivity index (χ0n) is 9.76. The number of benzene rings is 1. The molecule has 0 fully saturated rings. The summed E-state index contributed by atoms with van der Waals surface area (Å²) in [6.45, 7) is 0. The second-order valence-electron chi connectivity index (χ2n) is 3.94. The lowest BCUT2D eigenvalue weighted by atomic mass is 10.1. The molecule has 4 N–H and O–H groups in total. The maximum Gasteiger partial charge on any atom is 0.294 e. The van der Waals surface area contributed by atoms with Crippen molar-refractivity contribution in [3.63, 3.8) is 0 Å². The number of nitrogens with zero attached hydrogens (tertiary/aromatic N) is 1. The van der Waals surface area contributed by atoms with Crippen LogP contribution in [-0.4, -0.2) is 30.5 Å². The molecule has 6 nitrogen and oxygen atoms in total. The highest BCUT2D eigenvalue weighted by atomic mass is 32.2. The van der Waals surface area contributed by atoms with Gasteiger partial charge < -0.3 is 10.8 Å². The van der Waals surface area contributed by atoms with Crippen LogP contribution in [0, 0.1) is 0 Å². The van der Waals surface area contributed by atoms with E-state index in [-0.39, 0.29) is 16.2 Å². The van der Waals surface area contributed by atoms with Gasteiger partial charge in [-0.1, -0.05) is 6.08 Å². The zero-order chi connectivity index (χ0) is 14.0. The molecule has 1 aliphatic rings. The molecule has 0 aromatic heterocycles. The van der Waals surface area contributed by atoms with Crippen LogP contribution in [0.15, 0.2) is 45.8 Å². The van der Waals surface area contributed by atoms with Crippen LogP contribution in [0.25, 0.3) is 6.08 Å². The largest absolute Gasteiger partial charge is 0.507 e. The van der Waals surface area contributed by atoms with E-state index in [1.54, 1.807) is 18.4 Å². The molecular weight excluding hydrogens is 268 g/mol. The van der Waals surface area contributed by atoms with Gasteiger partial charge in [0.1, 0.15) is 11.9 Å². The van der Waals surface area contributed by atoms with Crippen LogP contribution in [0.3, 0.4) is 0 Å². The minimum atomic E-state index is -4.32. The first-order valence-corrected chi connectivity index (χ1v) is 6.79. The first-order chi connectivity index (χ1) is 8.88. The van der Waals surface area contributed by atoms with Gasteiger partial charge in [-0.3, -0.25) is 9.55 Å². The number of phenolic OH excluding ortho intramolecular Hbond substituents is 1. The molecule has 0 aliphatic carbocycles. The molecule has 1 aromatic rings. The van der Waals surface area contributed by atoms with Crippen LogP contribution >= 0.6 is 0 Å². The molecule has 100 valence electrons. The number of aromatic hydroxyl groups is 1. The smallest absolute Gasteiger partial charge is 0.294 e. The zero-order valence-corrected chi connectivity index (χ0v) is 10.6. The van der Waals surface area contributed by atoms with Gasteiger partial charge in [-0.25, -0.2) is 0 Å². The van der Waals surface area contributed by atoms with Crippen molar-refractivity contribution in [2.75, 3.05) is 0 Å². The Balaban J connectivity index is 2.48. The van der Waals surface area contributed by atoms with Gasteiger partial charge in [0.2, 0.25) is 0 Å². The molecule has 19 heavy (non-hydrogen) atoms. The lowest BCUT2D eigenvalue weighted by molar-refractivity contribution is 0.471. The van der Waals surface area contributed by atoms with Gasteiger partial charge in [0.05, 0.1) is 4.90 Å². The van der Waals surface area contributed by atoms with Gasteiger partial charge in [-0.2, -0.15) is 8.42 Å². The number of aliphatic imine (C=N–C) groups is 1. The highest BCUT2D eigenvalue weighted by molar-refractivity contribution is 7.85. The quantitative estimate of drug-likeness (QED) is 0.698. The molecule has 7 heteroatoms. The highest BCUT2D eigenvalue weighted by Gasteiger charge is 2.13. The molecule has 0 saturated carbocycles. The Morgan fingerprint density at radius 2 is 2.11 bits per heavy atom. The van der Waals surface area contributed by atoms with E-state index in [9.17, 15) is 13.5 Å². The SMILES string of the molecule is NC1N=CC=CC1=Cc1cc(S(=O)(=O)O)ccc1O. The molecule has 0 amide bonds. The molecule has 0 radical (unpaired) electrons. The molecule has 1 aromatic carbocycles. The summed E-state index contributed by atoms with van der Waals surface area (Å²) in [5.74, 6) is -0.116. The fraction of sp³-hybridized carbons (Fsp3) is 0.0833. The van der Waals surface area contributed by atoms with Crippen molar-refractivity contribution in [2.45, 2.75) is 11.1 Å². The van der Waals surface area contributed by atoms with Crippen molar-refractivity contribution >= 4 is 22.4 Å². The van der Waals surface area contributed by atoms with E-state index in [2.05, 4.69) is 4.99 Å². The standard InChI is InChI=1S/C12H12N2O4S/c13-12-8(2-1-5-14-12)6-9-7-10(19(16,17)18)3-4-11(9)15/h1-7,12,15H,13H2,(H,16,17,18). The van der Waals surface area contributed by atoms with Crippen molar-refractivity contribution in [1.82, 2.24) is 0 Å². The van der Waals surface area contributed by atoms with Crippen LogP contribution in [0.1, 0.15) is 5.56 Å². The van der Waals surface area contributed by atoms with Crippen LogP contribution in [-0.2, 0) is 10.1 Å². The monoisotopic (exact) mass is 280 g/mol. The molecule has 1 unspecified atom stereocenters. The third kappa shape index (κ3) is 3.08. The van der Waals surface area contributed by atoms with Crippen molar-refractivity contribution in [3.05, 3.63) is 41.5 Å². The fourth-order valence-electron chi connectivity index (χ4n) is 1.60. The predicted octanol–water partition coefficient (Wildman–Crippen LogP) is 0.948. The molecule has 0 spiro atoms. The lowest BCUT2D eigenvalue weighted by Gasteiger charge is -2.11. The Bertz CT molecular complexity index is 690. The van der Waals surface area contributed by atoms with Crippen LogP contribution in [0.5, 0.6) is 5.75 Å². The summed E-state index contributed by atoms with van der Waals surface area (Å²) < 4.78 is 31.1. The third-order valence-corrected chi connectivity index (χ3v) is 3.43. The molecule has 0 bridgehead atoms. The second-order valence-corrected chi connectivity index (χ2v) is 5.36. The van der Waals surface area contributed by atoms with E-state index < -0.39 is 16.3 Å². The van der Waals surface area contributed by atoms with Crippen molar-refractivity contribution in [3.8, 4) is 5.75 Å². The van der Waals surface area contributed by atoms with E-state index in [4.69, 9.17) is 10.3 Å². The van der Waals surface area contributed by atoms with E-state index in [1.807, 2.05) is 0 Å². The molecule has 1 aliphatic heterocycles. The summed E-state index contributed by atoms with van der Waals surface area (Å²) in [4.78, 5) is 3.66. The second kappa shape index (κ2) is 4.96. The Labute approximate surface area is 110 Å². The number of hydrogen-bond donors (Lipinski definition) is 3. The van der Waals surface area contributed by atoms with Gasteiger partial charge in [0.25, 0.3) is 10.1 Å². The number of rotatable bonds is 2. The Morgan fingerprint density at radius 1 is 1.37 bits per heavy atom.